The van der Waals surface area contributed by atoms with E-state index < -0.39 is 6.36 Å². The van der Waals surface area contributed by atoms with Gasteiger partial charge in [0.2, 0.25) is 0 Å². The van der Waals surface area contributed by atoms with Crippen molar-refractivity contribution in [3.8, 4) is 23.3 Å². The first-order valence-electron chi connectivity index (χ1n) is 6.68. The van der Waals surface area contributed by atoms with E-state index in [1.165, 1.54) is 41.3 Å². The summed E-state index contributed by atoms with van der Waals surface area (Å²) in [5, 5.41) is 4.12. The highest BCUT2D eigenvalue weighted by atomic mass is 19.4. The van der Waals surface area contributed by atoms with Crippen molar-refractivity contribution >= 4 is 0 Å². The van der Waals surface area contributed by atoms with E-state index in [4.69, 9.17) is 0 Å². The quantitative estimate of drug-likeness (QED) is 0.678. The maximum Gasteiger partial charge on any atom is 0.573 e. The van der Waals surface area contributed by atoms with Gasteiger partial charge in [-0.1, -0.05) is 5.92 Å². The van der Waals surface area contributed by atoms with Crippen LogP contribution in [-0.2, 0) is 0 Å². The van der Waals surface area contributed by atoms with Crippen LogP contribution >= 0.6 is 0 Å². The molecular weight excluding hydrogens is 321 g/mol. The third kappa shape index (κ3) is 4.10. The molecule has 1 aromatic carbocycles. The van der Waals surface area contributed by atoms with Crippen molar-refractivity contribution in [3.63, 3.8) is 0 Å². The van der Waals surface area contributed by atoms with Crippen molar-refractivity contribution in [2.24, 2.45) is 0 Å². The van der Waals surface area contributed by atoms with Crippen molar-refractivity contribution in [1.82, 2.24) is 19.7 Å². The predicted molar refractivity (Wildman–Crippen MR) is 78.3 cm³/mol. The molecule has 0 aliphatic heterocycles. The number of rotatable bonds is 2. The lowest BCUT2D eigenvalue weighted by molar-refractivity contribution is -0.274. The summed E-state index contributed by atoms with van der Waals surface area (Å²) in [6, 6.07) is 5.37. The molecule has 2 heterocycles. The lowest BCUT2D eigenvalue weighted by Gasteiger charge is -2.09. The average molecular weight is 330 g/mol. The highest BCUT2D eigenvalue weighted by molar-refractivity contribution is 5.41. The Labute approximate surface area is 134 Å². The molecule has 0 radical (unpaired) electrons. The summed E-state index contributed by atoms with van der Waals surface area (Å²) in [7, 11) is 0. The molecule has 0 aliphatic rings. The van der Waals surface area contributed by atoms with Gasteiger partial charge in [0.15, 0.2) is 0 Å². The van der Waals surface area contributed by atoms with Gasteiger partial charge in [0.05, 0.1) is 23.6 Å². The fourth-order valence-electron chi connectivity index (χ4n) is 1.83. The third-order valence-corrected chi connectivity index (χ3v) is 2.82. The van der Waals surface area contributed by atoms with Gasteiger partial charge >= 0.3 is 6.36 Å². The molecule has 0 atom stereocenters. The number of ether oxygens (including phenoxy) is 1. The van der Waals surface area contributed by atoms with Gasteiger partial charge in [0.1, 0.15) is 11.4 Å². The van der Waals surface area contributed by atoms with Crippen molar-refractivity contribution < 1.29 is 17.9 Å². The molecule has 0 saturated carbocycles. The van der Waals surface area contributed by atoms with E-state index >= 15 is 0 Å². The molecule has 0 unspecified atom stereocenters. The standard InChI is InChI=1S/C16H9F3N4O/c17-16(18,19)24-15-5-3-14(4-6-15)23-11-12(9-22-23)1-2-13-10-20-7-8-21-13/h3-11H. The van der Waals surface area contributed by atoms with E-state index in [9.17, 15) is 13.2 Å². The molecule has 0 N–H and O–H groups in total. The highest BCUT2D eigenvalue weighted by Gasteiger charge is 2.30. The zero-order valence-electron chi connectivity index (χ0n) is 12.0. The van der Waals surface area contributed by atoms with Crippen LogP contribution in [0.4, 0.5) is 13.2 Å². The van der Waals surface area contributed by atoms with Gasteiger partial charge in [-0.2, -0.15) is 5.10 Å². The van der Waals surface area contributed by atoms with Gasteiger partial charge in [-0.3, -0.25) is 4.98 Å². The van der Waals surface area contributed by atoms with E-state index in [0.717, 1.165) is 0 Å². The SMILES string of the molecule is FC(F)(F)Oc1ccc(-n2cc(C#Cc3cnccn3)cn2)cc1. The van der Waals surface area contributed by atoms with Crippen molar-refractivity contribution in [2.45, 2.75) is 6.36 Å². The van der Waals surface area contributed by atoms with E-state index in [0.29, 0.717) is 16.9 Å². The minimum atomic E-state index is -4.71. The molecule has 0 saturated heterocycles. The van der Waals surface area contributed by atoms with E-state index in [1.807, 2.05) is 0 Å². The Balaban J connectivity index is 1.75. The number of benzene rings is 1. The highest BCUT2D eigenvalue weighted by Crippen LogP contribution is 2.23. The molecule has 0 aliphatic carbocycles. The molecule has 3 aromatic rings. The zero-order valence-corrected chi connectivity index (χ0v) is 12.0. The minimum Gasteiger partial charge on any atom is -0.406 e. The Kier molecular flexibility index (Phi) is 4.16. The molecule has 120 valence electrons. The fourth-order valence-corrected chi connectivity index (χ4v) is 1.83. The van der Waals surface area contributed by atoms with E-state index in [-0.39, 0.29) is 5.75 Å². The van der Waals surface area contributed by atoms with Crippen LogP contribution < -0.4 is 4.74 Å². The van der Waals surface area contributed by atoms with Crippen LogP contribution in [0.2, 0.25) is 0 Å². The molecule has 0 amide bonds. The first kappa shape index (κ1) is 15.6. The summed E-state index contributed by atoms with van der Waals surface area (Å²) < 4.78 is 41.7. The van der Waals surface area contributed by atoms with Gasteiger partial charge in [0, 0.05) is 18.6 Å². The molecule has 2 aromatic heterocycles. The van der Waals surface area contributed by atoms with E-state index in [2.05, 4.69) is 31.6 Å². The van der Waals surface area contributed by atoms with Crippen LogP contribution in [0.5, 0.6) is 5.75 Å². The smallest absolute Gasteiger partial charge is 0.406 e. The lowest BCUT2D eigenvalue weighted by Crippen LogP contribution is -2.17. The molecule has 3 rings (SSSR count). The maximum atomic E-state index is 12.1. The first-order chi connectivity index (χ1) is 11.5. The van der Waals surface area contributed by atoms with Crippen LogP contribution in [0.15, 0.2) is 55.2 Å². The number of alkyl halides is 3. The van der Waals surface area contributed by atoms with Crippen LogP contribution in [-0.4, -0.2) is 26.1 Å². The minimum absolute atomic E-state index is 0.291. The Morgan fingerprint density at radius 2 is 1.79 bits per heavy atom. The topological polar surface area (TPSA) is 52.8 Å². The van der Waals surface area contributed by atoms with Gasteiger partial charge in [0.25, 0.3) is 0 Å². The molecule has 8 heteroatoms. The second kappa shape index (κ2) is 6.42. The zero-order chi connectivity index (χ0) is 17.0. The lowest BCUT2D eigenvalue weighted by atomic mass is 10.3. The molecular formula is C16H9F3N4O. The third-order valence-electron chi connectivity index (χ3n) is 2.82. The van der Waals surface area contributed by atoms with Crippen LogP contribution in [0.1, 0.15) is 11.3 Å². The Hall–Kier alpha value is -3.34. The Morgan fingerprint density at radius 1 is 1.00 bits per heavy atom. The van der Waals surface area contributed by atoms with Crippen LogP contribution in [0.3, 0.4) is 0 Å². The van der Waals surface area contributed by atoms with Crippen molar-refractivity contribution in [2.75, 3.05) is 0 Å². The van der Waals surface area contributed by atoms with Gasteiger partial charge < -0.3 is 4.74 Å². The molecule has 0 fully saturated rings. The van der Waals surface area contributed by atoms with E-state index in [1.54, 1.807) is 18.6 Å². The Morgan fingerprint density at radius 3 is 2.46 bits per heavy atom. The summed E-state index contributed by atoms with van der Waals surface area (Å²) in [6.07, 6.45) is 3.12. The molecule has 0 bridgehead atoms. The monoisotopic (exact) mass is 330 g/mol. The Bertz CT molecular complexity index is 877. The number of hydrogen-bond acceptors (Lipinski definition) is 4. The fraction of sp³-hybridized carbons (Fsp3) is 0.0625. The first-order valence-corrected chi connectivity index (χ1v) is 6.68. The molecule has 5 nitrogen and oxygen atoms in total. The second-order valence-electron chi connectivity index (χ2n) is 4.56. The van der Waals surface area contributed by atoms with Gasteiger partial charge in [-0.05, 0) is 30.2 Å². The molecule has 0 spiro atoms. The predicted octanol–water partition coefficient (Wildman–Crippen LogP) is 2.96. The largest absolute Gasteiger partial charge is 0.573 e. The van der Waals surface area contributed by atoms with Crippen LogP contribution in [0, 0.1) is 11.8 Å². The number of nitrogens with zero attached hydrogens (tertiary/aromatic N) is 4. The number of hydrogen-bond donors (Lipinski definition) is 0. The average Bonchev–Trinajstić information content (AvgIpc) is 3.02. The summed E-state index contributed by atoms with van der Waals surface area (Å²) in [6.45, 7) is 0. The van der Waals surface area contributed by atoms with Crippen molar-refractivity contribution in [3.05, 3.63) is 66.5 Å². The molecule has 24 heavy (non-hydrogen) atoms. The number of aromatic nitrogens is 4. The summed E-state index contributed by atoms with van der Waals surface area (Å²) >= 11 is 0. The second-order valence-corrected chi connectivity index (χ2v) is 4.56. The van der Waals surface area contributed by atoms with Gasteiger partial charge in [-0.15, -0.1) is 13.2 Å². The maximum absolute atomic E-state index is 12.1. The summed E-state index contributed by atoms with van der Waals surface area (Å²) in [5.41, 5.74) is 1.74. The summed E-state index contributed by atoms with van der Waals surface area (Å²) in [4.78, 5) is 7.93. The van der Waals surface area contributed by atoms with Crippen LogP contribution in [0.25, 0.3) is 5.69 Å². The van der Waals surface area contributed by atoms with Gasteiger partial charge in [-0.25, -0.2) is 9.67 Å². The summed E-state index contributed by atoms with van der Waals surface area (Å²) in [5.74, 6) is 5.43. The normalized spacial score (nSPS) is 10.8. The number of halogens is 3. The van der Waals surface area contributed by atoms with Crippen molar-refractivity contribution in [1.29, 1.82) is 0 Å².